The summed E-state index contributed by atoms with van der Waals surface area (Å²) in [4.78, 5) is 36.1. The van der Waals surface area contributed by atoms with Gasteiger partial charge in [0.1, 0.15) is 0 Å². The summed E-state index contributed by atoms with van der Waals surface area (Å²) in [6.07, 6.45) is 0.900. The van der Waals surface area contributed by atoms with Crippen LogP contribution in [0.1, 0.15) is 37.6 Å². The minimum absolute atomic E-state index is 0.0268. The van der Waals surface area contributed by atoms with Gasteiger partial charge in [-0.1, -0.05) is 12.1 Å². The zero-order chi connectivity index (χ0) is 21.3. The van der Waals surface area contributed by atoms with Gasteiger partial charge >= 0.3 is 0 Å². The van der Waals surface area contributed by atoms with Crippen molar-refractivity contribution in [2.75, 3.05) is 29.9 Å². The molecule has 3 heterocycles. The lowest BCUT2D eigenvalue weighted by molar-refractivity contribution is -0.114. The molecule has 1 aromatic heterocycles. The summed E-state index contributed by atoms with van der Waals surface area (Å²) >= 11 is 0. The Kier molecular flexibility index (Phi) is 5.87. The third-order valence-electron chi connectivity index (χ3n) is 5.54. The number of anilines is 2. The van der Waals surface area contributed by atoms with Crippen LogP contribution in [-0.4, -0.2) is 52.6 Å². The number of hydrogen-bond donors (Lipinski definition) is 2. The second-order valence-electron chi connectivity index (χ2n) is 8.32. The number of nitrogens with one attached hydrogen (secondary N) is 2. The molecule has 0 bridgehead atoms. The SMILES string of the molecule is CC(=O)Nc1ccc(CN2CCc3c(nc(N4C[C@H](C)O[C@@H](C)C4)[nH]c3=O)C2)cc1. The molecule has 160 valence electrons. The number of ether oxygens (including phenoxy) is 1. The van der Waals surface area contributed by atoms with Gasteiger partial charge < -0.3 is 15.0 Å². The van der Waals surface area contributed by atoms with Gasteiger partial charge in [-0.25, -0.2) is 4.98 Å². The maximum atomic E-state index is 12.7. The smallest absolute Gasteiger partial charge is 0.255 e. The molecule has 1 aromatic carbocycles. The molecular weight excluding hydrogens is 382 g/mol. The highest BCUT2D eigenvalue weighted by Crippen LogP contribution is 2.21. The fraction of sp³-hybridized carbons (Fsp3) is 0.500. The van der Waals surface area contributed by atoms with E-state index >= 15 is 0 Å². The molecule has 8 nitrogen and oxygen atoms in total. The van der Waals surface area contributed by atoms with Gasteiger partial charge in [0, 0.05) is 50.9 Å². The van der Waals surface area contributed by atoms with Crippen molar-refractivity contribution in [2.24, 2.45) is 0 Å². The third kappa shape index (κ3) is 4.71. The van der Waals surface area contributed by atoms with Gasteiger partial charge in [-0.3, -0.25) is 19.5 Å². The average Bonchev–Trinajstić information content (AvgIpc) is 2.68. The minimum Gasteiger partial charge on any atom is -0.372 e. The number of carbonyl (C=O) groups excluding carboxylic acids is 1. The van der Waals surface area contributed by atoms with Gasteiger partial charge in [-0.15, -0.1) is 0 Å². The molecule has 0 saturated carbocycles. The van der Waals surface area contributed by atoms with Gasteiger partial charge in [-0.05, 0) is 38.0 Å². The molecule has 30 heavy (non-hydrogen) atoms. The fourth-order valence-corrected chi connectivity index (χ4v) is 4.27. The average molecular weight is 412 g/mol. The lowest BCUT2D eigenvalue weighted by Gasteiger charge is -2.36. The summed E-state index contributed by atoms with van der Waals surface area (Å²) in [7, 11) is 0. The number of rotatable bonds is 4. The first-order valence-electron chi connectivity index (χ1n) is 10.5. The van der Waals surface area contributed by atoms with Gasteiger partial charge in [-0.2, -0.15) is 0 Å². The molecule has 1 saturated heterocycles. The number of amides is 1. The zero-order valence-electron chi connectivity index (χ0n) is 17.8. The van der Waals surface area contributed by atoms with E-state index in [1.54, 1.807) is 0 Å². The second-order valence-corrected chi connectivity index (χ2v) is 8.32. The first-order chi connectivity index (χ1) is 14.4. The van der Waals surface area contributed by atoms with E-state index in [9.17, 15) is 9.59 Å². The summed E-state index contributed by atoms with van der Waals surface area (Å²) in [6, 6.07) is 7.87. The van der Waals surface area contributed by atoms with Gasteiger partial charge in [0.2, 0.25) is 11.9 Å². The molecule has 1 amide bonds. The van der Waals surface area contributed by atoms with Crippen molar-refractivity contribution in [3.63, 3.8) is 0 Å². The Bertz CT molecular complexity index is 962. The Morgan fingerprint density at radius 2 is 1.93 bits per heavy atom. The van der Waals surface area contributed by atoms with Crippen molar-refractivity contribution in [3.05, 3.63) is 51.4 Å². The number of nitrogens with zero attached hydrogens (tertiary/aromatic N) is 3. The van der Waals surface area contributed by atoms with Gasteiger partial charge in [0.15, 0.2) is 0 Å². The summed E-state index contributed by atoms with van der Waals surface area (Å²) in [5, 5.41) is 2.78. The topological polar surface area (TPSA) is 90.6 Å². The van der Waals surface area contributed by atoms with E-state index in [4.69, 9.17) is 9.72 Å². The van der Waals surface area contributed by atoms with Crippen LogP contribution in [0, 0.1) is 0 Å². The standard InChI is InChI=1S/C22H29N5O3/c1-14-10-27(11-15(2)30-14)22-24-20-13-26(9-8-19(20)21(29)25-22)12-17-4-6-18(7-5-17)23-16(3)28/h4-7,14-15H,8-13H2,1-3H3,(H,23,28)(H,24,25,29)/t14-,15-/m0/s1. The van der Waals surface area contributed by atoms with Crippen LogP contribution in [0.25, 0.3) is 0 Å². The number of aromatic amines is 1. The van der Waals surface area contributed by atoms with E-state index in [0.29, 0.717) is 18.9 Å². The van der Waals surface area contributed by atoms with E-state index in [1.807, 2.05) is 38.1 Å². The molecule has 2 N–H and O–H groups in total. The Morgan fingerprint density at radius 1 is 1.23 bits per heavy atom. The fourth-order valence-electron chi connectivity index (χ4n) is 4.27. The van der Waals surface area contributed by atoms with Crippen molar-refractivity contribution in [3.8, 4) is 0 Å². The predicted octanol–water partition coefficient (Wildman–Crippen LogP) is 1.90. The highest BCUT2D eigenvalue weighted by Gasteiger charge is 2.27. The number of hydrogen-bond acceptors (Lipinski definition) is 6. The monoisotopic (exact) mass is 411 g/mol. The van der Waals surface area contributed by atoms with E-state index in [0.717, 1.165) is 48.7 Å². The van der Waals surface area contributed by atoms with Crippen molar-refractivity contribution in [2.45, 2.75) is 52.5 Å². The number of benzene rings is 1. The van der Waals surface area contributed by atoms with E-state index in [-0.39, 0.29) is 23.7 Å². The molecule has 4 rings (SSSR count). The van der Waals surface area contributed by atoms with Crippen LogP contribution >= 0.6 is 0 Å². The molecular formula is C22H29N5O3. The van der Waals surface area contributed by atoms with Crippen LogP contribution in [0.2, 0.25) is 0 Å². The molecule has 2 aliphatic rings. The summed E-state index contributed by atoms with van der Waals surface area (Å²) in [6.45, 7) is 9.25. The Hall–Kier alpha value is -2.71. The molecule has 8 heteroatoms. The Balaban J connectivity index is 1.48. The van der Waals surface area contributed by atoms with Crippen molar-refractivity contribution >= 4 is 17.5 Å². The number of carbonyl (C=O) groups is 1. The molecule has 2 atom stereocenters. The van der Waals surface area contributed by atoms with E-state index in [1.165, 1.54) is 6.92 Å². The van der Waals surface area contributed by atoms with Gasteiger partial charge in [0.05, 0.1) is 17.9 Å². The van der Waals surface area contributed by atoms with Crippen LogP contribution in [-0.2, 0) is 29.0 Å². The molecule has 0 radical (unpaired) electrons. The molecule has 0 spiro atoms. The molecule has 0 aliphatic carbocycles. The van der Waals surface area contributed by atoms with Crippen molar-refractivity contribution in [1.82, 2.24) is 14.9 Å². The normalized spacial score (nSPS) is 21.9. The lowest BCUT2D eigenvalue weighted by Crippen LogP contribution is -2.47. The zero-order valence-corrected chi connectivity index (χ0v) is 17.8. The number of fused-ring (bicyclic) bond motifs is 1. The summed E-state index contributed by atoms with van der Waals surface area (Å²) in [5.41, 5.74) is 3.59. The number of morpholine rings is 1. The first-order valence-corrected chi connectivity index (χ1v) is 10.5. The minimum atomic E-state index is -0.0773. The van der Waals surface area contributed by atoms with Crippen LogP contribution in [0.4, 0.5) is 11.6 Å². The second kappa shape index (κ2) is 8.57. The Morgan fingerprint density at radius 3 is 2.60 bits per heavy atom. The quantitative estimate of drug-likeness (QED) is 0.799. The first kappa shape index (κ1) is 20.6. The number of aromatic nitrogens is 2. The maximum absolute atomic E-state index is 12.7. The van der Waals surface area contributed by atoms with Crippen LogP contribution in [0.3, 0.4) is 0 Å². The van der Waals surface area contributed by atoms with Crippen LogP contribution < -0.4 is 15.8 Å². The van der Waals surface area contributed by atoms with Crippen LogP contribution in [0.15, 0.2) is 29.1 Å². The van der Waals surface area contributed by atoms with Crippen molar-refractivity contribution in [1.29, 1.82) is 0 Å². The number of H-pyrrole nitrogens is 1. The highest BCUT2D eigenvalue weighted by molar-refractivity contribution is 5.88. The molecule has 2 aliphatic heterocycles. The molecule has 1 fully saturated rings. The van der Waals surface area contributed by atoms with E-state index in [2.05, 4.69) is 20.1 Å². The van der Waals surface area contributed by atoms with Gasteiger partial charge in [0.25, 0.3) is 5.56 Å². The summed E-state index contributed by atoms with van der Waals surface area (Å²) in [5.74, 6) is 0.564. The Labute approximate surface area is 176 Å². The van der Waals surface area contributed by atoms with Crippen molar-refractivity contribution < 1.29 is 9.53 Å². The van der Waals surface area contributed by atoms with Crippen LogP contribution in [0.5, 0.6) is 0 Å². The largest absolute Gasteiger partial charge is 0.372 e. The maximum Gasteiger partial charge on any atom is 0.255 e. The molecule has 2 aromatic rings. The summed E-state index contributed by atoms with van der Waals surface area (Å²) < 4.78 is 5.80. The third-order valence-corrected chi connectivity index (χ3v) is 5.54. The van der Waals surface area contributed by atoms with E-state index < -0.39 is 0 Å². The lowest BCUT2D eigenvalue weighted by atomic mass is 10.1. The highest BCUT2D eigenvalue weighted by atomic mass is 16.5. The predicted molar refractivity (Wildman–Crippen MR) is 116 cm³/mol. The molecule has 0 unspecified atom stereocenters.